The van der Waals surface area contributed by atoms with Gasteiger partial charge in [-0.1, -0.05) is 18.2 Å². The van der Waals surface area contributed by atoms with Crippen molar-refractivity contribution in [1.82, 2.24) is 0 Å². The molecule has 0 aromatic heterocycles. The minimum absolute atomic E-state index is 0.0263. The van der Waals surface area contributed by atoms with Crippen molar-refractivity contribution in [3.05, 3.63) is 30.3 Å². The van der Waals surface area contributed by atoms with Gasteiger partial charge in [0.15, 0.2) is 0 Å². The molecule has 1 atom stereocenters. The lowest BCUT2D eigenvalue weighted by Gasteiger charge is -2.22. The zero-order valence-corrected chi connectivity index (χ0v) is 9.05. The van der Waals surface area contributed by atoms with Crippen LogP contribution in [0, 0.1) is 0 Å². The molecule has 1 aromatic rings. The molecule has 1 heterocycles. The van der Waals surface area contributed by atoms with Crippen molar-refractivity contribution < 1.29 is 14.3 Å². The molecule has 0 N–H and O–H groups in total. The van der Waals surface area contributed by atoms with Gasteiger partial charge in [0, 0.05) is 12.1 Å². The predicted molar refractivity (Wildman–Crippen MR) is 59.0 cm³/mol. The van der Waals surface area contributed by atoms with E-state index in [1.807, 2.05) is 30.3 Å². The summed E-state index contributed by atoms with van der Waals surface area (Å²) in [4.78, 5) is 24.8. The minimum Gasteiger partial charge on any atom is -0.467 e. The Bertz CT molecular complexity index is 402. The van der Waals surface area contributed by atoms with E-state index >= 15 is 0 Å². The topological polar surface area (TPSA) is 46.6 Å². The van der Waals surface area contributed by atoms with Gasteiger partial charge in [-0.05, 0) is 18.6 Å². The lowest BCUT2D eigenvalue weighted by Crippen LogP contribution is -2.39. The van der Waals surface area contributed by atoms with Crippen LogP contribution < -0.4 is 4.90 Å². The van der Waals surface area contributed by atoms with Crippen LogP contribution in [-0.2, 0) is 14.3 Å². The smallest absolute Gasteiger partial charge is 0.328 e. The number of para-hydroxylation sites is 1. The third-order valence-corrected chi connectivity index (χ3v) is 2.72. The minimum atomic E-state index is -0.472. The van der Waals surface area contributed by atoms with E-state index in [4.69, 9.17) is 4.74 Å². The van der Waals surface area contributed by atoms with Crippen LogP contribution >= 0.6 is 0 Å². The van der Waals surface area contributed by atoms with E-state index in [0.29, 0.717) is 12.8 Å². The summed E-state index contributed by atoms with van der Waals surface area (Å²) in [5, 5.41) is 0. The van der Waals surface area contributed by atoms with Crippen molar-refractivity contribution in [2.45, 2.75) is 18.9 Å². The van der Waals surface area contributed by atoms with Crippen LogP contribution in [0.15, 0.2) is 30.3 Å². The first kappa shape index (κ1) is 10.7. The molecule has 4 heteroatoms. The van der Waals surface area contributed by atoms with Gasteiger partial charge in [0.2, 0.25) is 5.91 Å². The van der Waals surface area contributed by atoms with Crippen LogP contribution in [-0.4, -0.2) is 25.0 Å². The molecule has 1 aliphatic heterocycles. The summed E-state index contributed by atoms with van der Waals surface area (Å²) < 4.78 is 4.70. The Balaban J connectivity index is 2.30. The average Bonchev–Trinajstić information content (AvgIpc) is 2.71. The quantitative estimate of drug-likeness (QED) is 0.705. The zero-order valence-electron chi connectivity index (χ0n) is 9.05. The van der Waals surface area contributed by atoms with Gasteiger partial charge in [0.1, 0.15) is 6.04 Å². The molecule has 84 valence electrons. The first-order valence-corrected chi connectivity index (χ1v) is 5.19. The van der Waals surface area contributed by atoms with Crippen LogP contribution in [0.3, 0.4) is 0 Å². The summed E-state index contributed by atoms with van der Waals surface area (Å²) >= 11 is 0. The zero-order chi connectivity index (χ0) is 11.5. The second kappa shape index (κ2) is 4.35. The number of nitrogens with zero attached hydrogens (tertiary/aromatic N) is 1. The van der Waals surface area contributed by atoms with Gasteiger partial charge < -0.3 is 4.74 Å². The van der Waals surface area contributed by atoms with Crippen LogP contribution in [0.2, 0.25) is 0 Å². The monoisotopic (exact) mass is 219 g/mol. The fraction of sp³-hybridized carbons (Fsp3) is 0.333. The van der Waals surface area contributed by atoms with E-state index in [1.54, 1.807) is 0 Å². The standard InChI is InChI=1S/C12H13NO3/c1-16-12(15)10-7-8-11(14)13(10)9-5-3-2-4-6-9/h2-6,10H,7-8H2,1H3. The molecular formula is C12H13NO3. The number of amides is 1. The summed E-state index contributed by atoms with van der Waals surface area (Å²) in [5.41, 5.74) is 0.750. The Morgan fingerprint density at radius 3 is 2.69 bits per heavy atom. The van der Waals surface area contributed by atoms with Crippen molar-refractivity contribution in [2.24, 2.45) is 0 Å². The summed E-state index contributed by atoms with van der Waals surface area (Å²) in [6, 6.07) is 8.72. The third kappa shape index (κ3) is 1.78. The second-order valence-electron chi connectivity index (χ2n) is 3.68. The molecular weight excluding hydrogens is 206 g/mol. The van der Waals surface area contributed by atoms with Crippen molar-refractivity contribution in [3.63, 3.8) is 0 Å². The van der Waals surface area contributed by atoms with Gasteiger partial charge in [0.25, 0.3) is 0 Å². The molecule has 1 unspecified atom stereocenters. The Morgan fingerprint density at radius 1 is 1.38 bits per heavy atom. The summed E-state index contributed by atoms with van der Waals surface area (Å²) in [7, 11) is 1.34. The molecule has 0 aliphatic carbocycles. The Kier molecular flexibility index (Phi) is 2.90. The van der Waals surface area contributed by atoms with Crippen molar-refractivity contribution in [1.29, 1.82) is 0 Å². The molecule has 1 aliphatic rings. The number of benzene rings is 1. The number of hydrogen-bond donors (Lipinski definition) is 0. The number of anilines is 1. The van der Waals surface area contributed by atoms with E-state index in [9.17, 15) is 9.59 Å². The van der Waals surface area contributed by atoms with Crippen LogP contribution in [0.25, 0.3) is 0 Å². The molecule has 0 spiro atoms. The van der Waals surface area contributed by atoms with E-state index in [-0.39, 0.29) is 11.9 Å². The Labute approximate surface area is 93.8 Å². The number of carbonyl (C=O) groups is 2. The highest BCUT2D eigenvalue weighted by molar-refractivity contribution is 6.02. The van der Waals surface area contributed by atoms with Crippen LogP contribution in [0.1, 0.15) is 12.8 Å². The van der Waals surface area contributed by atoms with Crippen LogP contribution in [0.5, 0.6) is 0 Å². The summed E-state index contributed by atoms with van der Waals surface area (Å²) in [6.07, 6.45) is 0.926. The van der Waals surface area contributed by atoms with Gasteiger partial charge in [-0.2, -0.15) is 0 Å². The summed E-state index contributed by atoms with van der Waals surface area (Å²) in [6.45, 7) is 0. The van der Waals surface area contributed by atoms with Crippen molar-refractivity contribution in [3.8, 4) is 0 Å². The molecule has 1 fully saturated rings. The van der Waals surface area contributed by atoms with E-state index in [2.05, 4.69) is 0 Å². The fourth-order valence-corrected chi connectivity index (χ4v) is 1.96. The molecule has 0 saturated carbocycles. The number of rotatable bonds is 2. The van der Waals surface area contributed by atoms with Gasteiger partial charge in [0.05, 0.1) is 7.11 Å². The Hall–Kier alpha value is -1.84. The van der Waals surface area contributed by atoms with Gasteiger partial charge in [-0.3, -0.25) is 9.69 Å². The predicted octanol–water partition coefficient (Wildman–Crippen LogP) is 1.35. The number of hydrogen-bond acceptors (Lipinski definition) is 3. The molecule has 1 saturated heterocycles. The normalized spacial score (nSPS) is 19.9. The number of carbonyl (C=O) groups excluding carboxylic acids is 2. The maximum Gasteiger partial charge on any atom is 0.328 e. The van der Waals surface area contributed by atoms with E-state index < -0.39 is 6.04 Å². The van der Waals surface area contributed by atoms with E-state index in [0.717, 1.165) is 5.69 Å². The van der Waals surface area contributed by atoms with E-state index in [1.165, 1.54) is 12.0 Å². The lowest BCUT2D eigenvalue weighted by atomic mass is 10.2. The number of esters is 1. The first-order valence-electron chi connectivity index (χ1n) is 5.19. The highest BCUT2D eigenvalue weighted by Gasteiger charge is 2.37. The highest BCUT2D eigenvalue weighted by Crippen LogP contribution is 2.26. The molecule has 4 nitrogen and oxygen atoms in total. The molecule has 16 heavy (non-hydrogen) atoms. The third-order valence-electron chi connectivity index (χ3n) is 2.72. The Morgan fingerprint density at radius 2 is 2.06 bits per heavy atom. The lowest BCUT2D eigenvalue weighted by molar-refractivity contribution is -0.142. The van der Waals surface area contributed by atoms with Crippen molar-refractivity contribution in [2.75, 3.05) is 12.0 Å². The van der Waals surface area contributed by atoms with Crippen LogP contribution in [0.4, 0.5) is 5.69 Å². The summed E-state index contributed by atoms with van der Waals surface area (Å²) in [5.74, 6) is -0.378. The SMILES string of the molecule is COC(=O)C1CCC(=O)N1c1ccccc1. The number of methoxy groups -OCH3 is 1. The molecule has 0 radical (unpaired) electrons. The largest absolute Gasteiger partial charge is 0.467 e. The number of ether oxygens (including phenoxy) is 1. The van der Waals surface area contributed by atoms with Gasteiger partial charge >= 0.3 is 5.97 Å². The molecule has 1 amide bonds. The highest BCUT2D eigenvalue weighted by atomic mass is 16.5. The second-order valence-corrected chi connectivity index (χ2v) is 3.68. The molecule has 0 bridgehead atoms. The first-order chi connectivity index (χ1) is 7.74. The van der Waals surface area contributed by atoms with Gasteiger partial charge in [-0.25, -0.2) is 4.79 Å². The van der Waals surface area contributed by atoms with Crippen molar-refractivity contribution >= 4 is 17.6 Å². The van der Waals surface area contributed by atoms with Gasteiger partial charge in [-0.15, -0.1) is 0 Å². The maximum atomic E-state index is 11.7. The fourth-order valence-electron chi connectivity index (χ4n) is 1.96. The molecule has 2 rings (SSSR count). The molecule has 1 aromatic carbocycles. The maximum absolute atomic E-state index is 11.7. The average molecular weight is 219 g/mol.